The van der Waals surface area contributed by atoms with E-state index in [0.717, 1.165) is 29.6 Å². The number of hydrogen-bond acceptors (Lipinski definition) is 2. The summed E-state index contributed by atoms with van der Waals surface area (Å²) in [6, 6.07) is 2.29. The Balaban J connectivity index is 1.46. The van der Waals surface area contributed by atoms with Gasteiger partial charge in [0.1, 0.15) is 0 Å². The molecule has 2 saturated carbocycles. The number of carbonyl (C=O) groups excluding carboxylic acids is 1. The van der Waals surface area contributed by atoms with Crippen LogP contribution in [0, 0.1) is 31.6 Å². The number of amides is 1. The van der Waals surface area contributed by atoms with Gasteiger partial charge in [-0.1, -0.05) is 6.42 Å². The molecule has 2 bridgehead atoms. The third-order valence-electron chi connectivity index (χ3n) is 5.39. The summed E-state index contributed by atoms with van der Waals surface area (Å²) < 4.78 is 2.01. The van der Waals surface area contributed by atoms with Crippen molar-refractivity contribution >= 4 is 5.91 Å². The van der Waals surface area contributed by atoms with Crippen LogP contribution in [0.3, 0.4) is 0 Å². The third-order valence-corrected chi connectivity index (χ3v) is 5.39. The van der Waals surface area contributed by atoms with Gasteiger partial charge in [0.05, 0.1) is 11.7 Å². The predicted octanol–water partition coefficient (Wildman–Crippen LogP) is 3.00. The fourth-order valence-electron chi connectivity index (χ4n) is 4.38. The van der Waals surface area contributed by atoms with Gasteiger partial charge in [-0.15, -0.1) is 0 Å². The van der Waals surface area contributed by atoms with Gasteiger partial charge in [-0.25, -0.2) is 0 Å². The zero-order valence-electron chi connectivity index (χ0n) is 13.4. The van der Waals surface area contributed by atoms with Crippen LogP contribution in [0.1, 0.15) is 56.5 Å². The Kier molecular flexibility index (Phi) is 4.05. The van der Waals surface area contributed by atoms with Crippen LogP contribution in [0.15, 0.2) is 6.07 Å². The van der Waals surface area contributed by atoms with E-state index in [1.54, 1.807) is 0 Å². The molecule has 21 heavy (non-hydrogen) atoms. The van der Waals surface area contributed by atoms with Crippen molar-refractivity contribution in [2.75, 3.05) is 6.54 Å². The van der Waals surface area contributed by atoms with Gasteiger partial charge in [0.25, 0.3) is 0 Å². The first kappa shape index (κ1) is 14.6. The van der Waals surface area contributed by atoms with Crippen molar-refractivity contribution in [1.29, 1.82) is 0 Å². The van der Waals surface area contributed by atoms with Gasteiger partial charge in [0.2, 0.25) is 5.91 Å². The molecule has 4 nitrogen and oxygen atoms in total. The van der Waals surface area contributed by atoms with Crippen molar-refractivity contribution < 1.29 is 4.79 Å². The highest BCUT2D eigenvalue weighted by Gasteiger charge is 2.40. The number of aromatic nitrogens is 2. The molecular formula is C17H27N3O. The number of nitrogens with one attached hydrogen (secondary N) is 1. The van der Waals surface area contributed by atoms with Gasteiger partial charge in [0, 0.05) is 18.7 Å². The molecule has 4 atom stereocenters. The molecule has 0 aromatic carbocycles. The van der Waals surface area contributed by atoms with Crippen LogP contribution in [0.4, 0.5) is 0 Å². The lowest BCUT2D eigenvalue weighted by molar-refractivity contribution is -0.122. The first-order chi connectivity index (χ1) is 10.0. The topological polar surface area (TPSA) is 46.9 Å². The zero-order valence-corrected chi connectivity index (χ0v) is 13.4. The Morgan fingerprint density at radius 2 is 2.24 bits per heavy atom. The highest BCUT2D eigenvalue weighted by Crippen LogP contribution is 2.49. The van der Waals surface area contributed by atoms with E-state index in [0.29, 0.717) is 12.5 Å². The summed E-state index contributed by atoms with van der Waals surface area (Å²) in [5.41, 5.74) is 2.19. The normalized spacial score (nSPS) is 28.8. The predicted molar refractivity (Wildman–Crippen MR) is 83.0 cm³/mol. The van der Waals surface area contributed by atoms with Crippen LogP contribution in [-0.2, 0) is 4.79 Å². The van der Waals surface area contributed by atoms with E-state index in [1.165, 1.54) is 25.7 Å². The van der Waals surface area contributed by atoms with Crippen molar-refractivity contribution in [1.82, 2.24) is 15.1 Å². The highest BCUT2D eigenvalue weighted by atomic mass is 16.1. The quantitative estimate of drug-likeness (QED) is 0.905. The van der Waals surface area contributed by atoms with Crippen molar-refractivity contribution in [2.45, 2.75) is 58.9 Å². The Bertz CT molecular complexity index is 522. The van der Waals surface area contributed by atoms with Gasteiger partial charge in [0.15, 0.2) is 0 Å². The molecule has 4 heteroatoms. The van der Waals surface area contributed by atoms with E-state index >= 15 is 0 Å². The van der Waals surface area contributed by atoms with Crippen molar-refractivity contribution in [2.24, 2.45) is 17.8 Å². The van der Waals surface area contributed by atoms with E-state index in [9.17, 15) is 4.79 Å². The number of hydrogen-bond donors (Lipinski definition) is 1. The number of carbonyl (C=O) groups is 1. The molecule has 1 amide bonds. The second kappa shape index (κ2) is 5.82. The average molecular weight is 289 g/mol. The van der Waals surface area contributed by atoms with Gasteiger partial charge in [-0.2, -0.15) is 5.10 Å². The van der Waals surface area contributed by atoms with Gasteiger partial charge in [-0.05, 0) is 63.9 Å². The smallest absolute Gasteiger partial charge is 0.220 e. The van der Waals surface area contributed by atoms with E-state index < -0.39 is 0 Å². The third kappa shape index (κ3) is 3.14. The lowest BCUT2D eigenvalue weighted by Crippen LogP contribution is -2.32. The minimum Gasteiger partial charge on any atom is -0.354 e. The molecule has 0 unspecified atom stereocenters. The Morgan fingerprint density at radius 3 is 2.81 bits per heavy atom. The maximum absolute atomic E-state index is 12.2. The van der Waals surface area contributed by atoms with Gasteiger partial charge < -0.3 is 5.32 Å². The number of rotatable bonds is 5. The molecule has 2 aliphatic carbocycles. The summed E-state index contributed by atoms with van der Waals surface area (Å²) in [4.78, 5) is 12.2. The average Bonchev–Trinajstić information content (AvgIpc) is 3.11. The van der Waals surface area contributed by atoms with Crippen LogP contribution in [0.5, 0.6) is 0 Å². The molecule has 1 aromatic rings. The molecule has 0 radical (unpaired) electrons. The summed E-state index contributed by atoms with van der Waals surface area (Å²) in [7, 11) is 0. The number of fused-ring (bicyclic) bond motifs is 2. The SMILES string of the molecule is Cc1cc(C)n([C@@H](C)CNC(=O)C[C@H]2C[C@@H]3CC[C@@H]2C3)n1. The first-order valence-electron chi connectivity index (χ1n) is 8.32. The second-order valence-corrected chi connectivity index (χ2v) is 7.16. The van der Waals surface area contributed by atoms with Crippen molar-refractivity contribution in [3.8, 4) is 0 Å². The number of nitrogens with zero attached hydrogens (tertiary/aromatic N) is 2. The molecule has 116 valence electrons. The highest BCUT2D eigenvalue weighted by molar-refractivity contribution is 5.76. The van der Waals surface area contributed by atoms with E-state index in [1.807, 2.05) is 11.6 Å². The molecular weight excluding hydrogens is 262 g/mol. The van der Waals surface area contributed by atoms with E-state index in [-0.39, 0.29) is 11.9 Å². The summed E-state index contributed by atoms with van der Waals surface area (Å²) in [5.74, 6) is 2.62. The van der Waals surface area contributed by atoms with Crippen LogP contribution in [0.25, 0.3) is 0 Å². The summed E-state index contributed by atoms with van der Waals surface area (Å²) >= 11 is 0. The Labute approximate surface area is 127 Å². The fraction of sp³-hybridized carbons (Fsp3) is 0.765. The van der Waals surface area contributed by atoms with Gasteiger partial charge in [-0.3, -0.25) is 9.48 Å². The van der Waals surface area contributed by atoms with Gasteiger partial charge >= 0.3 is 0 Å². The lowest BCUT2D eigenvalue weighted by Gasteiger charge is -2.21. The summed E-state index contributed by atoms with van der Waals surface area (Å²) in [6.07, 6.45) is 6.14. The number of aryl methyl sites for hydroxylation is 2. The molecule has 2 aliphatic rings. The Hall–Kier alpha value is -1.32. The standard InChI is InChI=1S/C17H27N3O/c1-11-6-12(2)20(19-11)13(3)10-18-17(21)9-16-8-14-4-5-15(16)7-14/h6,13-16H,4-5,7-10H2,1-3H3,(H,18,21)/t13-,14+,15+,16+/m0/s1. The Morgan fingerprint density at radius 1 is 1.43 bits per heavy atom. The summed E-state index contributed by atoms with van der Waals surface area (Å²) in [6.45, 7) is 6.84. The first-order valence-corrected chi connectivity index (χ1v) is 8.32. The lowest BCUT2D eigenvalue weighted by atomic mass is 9.86. The summed E-state index contributed by atoms with van der Waals surface area (Å²) in [5, 5.41) is 7.59. The van der Waals surface area contributed by atoms with Crippen LogP contribution >= 0.6 is 0 Å². The van der Waals surface area contributed by atoms with Crippen LogP contribution < -0.4 is 5.32 Å². The fourth-order valence-corrected chi connectivity index (χ4v) is 4.38. The maximum Gasteiger partial charge on any atom is 0.220 e. The monoisotopic (exact) mass is 289 g/mol. The van der Waals surface area contributed by atoms with E-state index in [4.69, 9.17) is 0 Å². The maximum atomic E-state index is 12.2. The van der Waals surface area contributed by atoms with Crippen LogP contribution in [-0.4, -0.2) is 22.2 Å². The molecule has 0 aliphatic heterocycles. The second-order valence-electron chi connectivity index (χ2n) is 7.16. The molecule has 0 spiro atoms. The largest absolute Gasteiger partial charge is 0.354 e. The molecule has 2 fully saturated rings. The van der Waals surface area contributed by atoms with Crippen molar-refractivity contribution in [3.05, 3.63) is 17.5 Å². The molecule has 3 rings (SSSR count). The molecule has 1 N–H and O–H groups in total. The minimum atomic E-state index is 0.211. The van der Waals surface area contributed by atoms with Crippen molar-refractivity contribution in [3.63, 3.8) is 0 Å². The zero-order chi connectivity index (χ0) is 15.0. The minimum absolute atomic E-state index is 0.211. The molecule has 1 aromatic heterocycles. The van der Waals surface area contributed by atoms with Crippen LogP contribution in [0.2, 0.25) is 0 Å². The van der Waals surface area contributed by atoms with E-state index in [2.05, 4.69) is 30.3 Å². The molecule has 0 saturated heterocycles. The molecule has 1 heterocycles.